The van der Waals surface area contributed by atoms with E-state index in [-0.39, 0.29) is 11.7 Å². The molecule has 2 fully saturated rings. The molecule has 2 nitrogen and oxygen atoms in total. The minimum atomic E-state index is -0.141. The van der Waals surface area contributed by atoms with Gasteiger partial charge in [0.05, 0.1) is 12.0 Å². The Morgan fingerprint density at radius 2 is 2.25 bits per heavy atom. The van der Waals surface area contributed by atoms with E-state index in [2.05, 4.69) is 0 Å². The Kier molecular flexibility index (Phi) is 2.58. The van der Waals surface area contributed by atoms with Gasteiger partial charge in [-0.25, -0.2) is 0 Å². The van der Waals surface area contributed by atoms with Crippen molar-refractivity contribution >= 4 is 11.6 Å². The first-order valence-corrected chi connectivity index (χ1v) is 5.22. The average Bonchev–Trinajstić information content (AvgIpc) is 2.76. The summed E-state index contributed by atoms with van der Waals surface area (Å²) in [5.74, 6) is 0.581. The van der Waals surface area contributed by atoms with Crippen molar-refractivity contribution in [2.45, 2.75) is 37.4 Å². The molecule has 0 aliphatic carbocycles. The lowest BCUT2D eigenvalue weighted by Gasteiger charge is -2.31. The summed E-state index contributed by atoms with van der Waals surface area (Å²) in [7, 11) is 0. The molecular weight excluding hydrogens is 176 g/mol. The Hall–Kier alpha value is 0.210. The first-order valence-electron chi connectivity index (χ1n) is 4.69. The van der Waals surface area contributed by atoms with Gasteiger partial charge < -0.3 is 9.47 Å². The van der Waals surface area contributed by atoms with Crippen LogP contribution in [0.3, 0.4) is 0 Å². The lowest BCUT2D eigenvalue weighted by atomic mass is 9.93. The molecule has 0 radical (unpaired) electrons. The number of ether oxygens (including phenoxy) is 2. The summed E-state index contributed by atoms with van der Waals surface area (Å²) in [4.78, 5) is 0. The number of hydrogen-bond donors (Lipinski definition) is 0. The highest BCUT2D eigenvalue weighted by Crippen LogP contribution is 2.36. The number of rotatable bonds is 2. The van der Waals surface area contributed by atoms with Crippen LogP contribution in [0.1, 0.15) is 25.7 Å². The predicted octanol–water partition coefficient (Wildman–Crippen LogP) is 1.95. The fourth-order valence-corrected chi connectivity index (χ4v) is 2.54. The second kappa shape index (κ2) is 3.52. The summed E-state index contributed by atoms with van der Waals surface area (Å²) in [5, 5.41) is 0. The molecule has 0 aromatic heterocycles. The maximum absolute atomic E-state index is 5.94. The quantitative estimate of drug-likeness (QED) is 0.620. The summed E-state index contributed by atoms with van der Waals surface area (Å²) in [6.07, 6.45) is 4.74. The van der Waals surface area contributed by atoms with Crippen LogP contribution < -0.4 is 0 Å². The smallest absolute Gasteiger partial charge is 0.108 e. The molecule has 0 amide bonds. The molecule has 70 valence electrons. The molecule has 2 saturated heterocycles. The Bertz CT molecular complexity index is 149. The molecule has 2 heterocycles. The summed E-state index contributed by atoms with van der Waals surface area (Å²) in [6, 6.07) is 0. The second-order valence-corrected chi connectivity index (χ2v) is 3.92. The Balaban J connectivity index is 2.04. The Labute approximate surface area is 78.2 Å². The maximum Gasteiger partial charge on any atom is 0.108 e. The normalized spacial score (nSPS) is 42.2. The monoisotopic (exact) mass is 190 g/mol. The summed E-state index contributed by atoms with van der Waals surface area (Å²) >= 11 is 5.94. The van der Waals surface area contributed by atoms with Crippen molar-refractivity contribution in [1.29, 1.82) is 0 Å². The van der Waals surface area contributed by atoms with E-state index < -0.39 is 0 Å². The third kappa shape index (κ3) is 1.36. The molecule has 0 bridgehead atoms. The molecule has 0 aromatic carbocycles. The lowest BCUT2D eigenvalue weighted by Crippen LogP contribution is -2.43. The molecule has 2 aliphatic heterocycles. The standard InChI is InChI=1S/C9H15ClO2/c10-7-9(4-2-6-12-9)8-3-1-5-11-8/h8H,1-7H2. The fourth-order valence-electron chi connectivity index (χ4n) is 2.16. The highest BCUT2D eigenvalue weighted by Gasteiger charge is 2.44. The third-order valence-electron chi connectivity index (χ3n) is 2.88. The van der Waals surface area contributed by atoms with Gasteiger partial charge in [0.25, 0.3) is 0 Å². The van der Waals surface area contributed by atoms with E-state index in [1.165, 1.54) is 0 Å². The van der Waals surface area contributed by atoms with Crippen molar-refractivity contribution in [2.24, 2.45) is 0 Å². The highest BCUT2D eigenvalue weighted by atomic mass is 35.5. The van der Waals surface area contributed by atoms with Crippen molar-refractivity contribution in [1.82, 2.24) is 0 Å². The fraction of sp³-hybridized carbons (Fsp3) is 1.00. The van der Waals surface area contributed by atoms with Gasteiger partial charge in [-0.1, -0.05) is 0 Å². The Morgan fingerprint density at radius 3 is 2.75 bits per heavy atom. The molecule has 0 saturated carbocycles. The molecule has 3 heteroatoms. The molecule has 2 aliphatic rings. The summed E-state index contributed by atoms with van der Waals surface area (Å²) < 4.78 is 11.3. The molecule has 2 rings (SSSR count). The van der Waals surface area contributed by atoms with Crippen LogP contribution in [0.4, 0.5) is 0 Å². The zero-order valence-electron chi connectivity index (χ0n) is 7.22. The minimum Gasteiger partial charge on any atom is -0.375 e. The van der Waals surface area contributed by atoms with Crippen LogP contribution in [0.15, 0.2) is 0 Å². The lowest BCUT2D eigenvalue weighted by molar-refractivity contribution is -0.0838. The number of alkyl halides is 1. The molecule has 0 spiro atoms. The number of hydrogen-bond acceptors (Lipinski definition) is 2. The van der Waals surface area contributed by atoms with Crippen LogP contribution in [0.5, 0.6) is 0 Å². The van der Waals surface area contributed by atoms with E-state index in [0.717, 1.165) is 38.9 Å². The van der Waals surface area contributed by atoms with Crippen LogP contribution in [-0.4, -0.2) is 30.8 Å². The van der Waals surface area contributed by atoms with Crippen LogP contribution in [0.25, 0.3) is 0 Å². The van der Waals surface area contributed by atoms with E-state index in [0.29, 0.717) is 5.88 Å². The summed E-state index contributed by atoms with van der Waals surface area (Å²) in [5.41, 5.74) is -0.141. The SMILES string of the molecule is ClCC1(C2CCCO2)CCCO1. The van der Waals surface area contributed by atoms with Gasteiger partial charge in [0.15, 0.2) is 0 Å². The largest absolute Gasteiger partial charge is 0.375 e. The van der Waals surface area contributed by atoms with Crippen LogP contribution in [-0.2, 0) is 9.47 Å². The van der Waals surface area contributed by atoms with Crippen LogP contribution in [0.2, 0.25) is 0 Å². The van der Waals surface area contributed by atoms with Crippen molar-refractivity contribution in [3.63, 3.8) is 0 Å². The first kappa shape index (κ1) is 8.79. The van der Waals surface area contributed by atoms with Crippen molar-refractivity contribution in [3.8, 4) is 0 Å². The average molecular weight is 191 g/mol. The third-order valence-corrected chi connectivity index (χ3v) is 3.33. The van der Waals surface area contributed by atoms with Gasteiger partial charge in [-0.3, -0.25) is 0 Å². The highest BCUT2D eigenvalue weighted by molar-refractivity contribution is 6.18. The van der Waals surface area contributed by atoms with Gasteiger partial charge in [-0.15, -0.1) is 11.6 Å². The minimum absolute atomic E-state index is 0.141. The topological polar surface area (TPSA) is 18.5 Å². The van der Waals surface area contributed by atoms with Gasteiger partial charge >= 0.3 is 0 Å². The van der Waals surface area contributed by atoms with Gasteiger partial charge in [0, 0.05) is 13.2 Å². The van der Waals surface area contributed by atoms with Gasteiger partial charge in [-0.05, 0) is 25.7 Å². The van der Waals surface area contributed by atoms with E-state index in [1.807, 2.05) is 0 Å². The van der Waals surface area contributed by atoms with Crippen molar-refractivity contribution < 1.29 is 9.47 Å². The van der Waals surface area contributed by atoms with Crippen molar-refractivity contribution in [2.75, 3.05) is 19.1 Å². The van der Waals surface area contributed by atoms with E-state index in [1.54, 1.807) is 0 Å². The molecule has 0 N–H and O–H groups in total. The van der Waals surface area contributed by atoms with Gasteiger partial charge in [0.1, 0.15) is 5.60 Å². The van der Waals surface area contributed by atoms with Crippen LogP contribution >= 0.6 is 11.6 Å². The van der Waals surface area contributed by atoms with Gasteiger partial charge in [-0.2, -0.15) is 0 Å². The molecular formula is C9H15ClO2. The molecule has 0 aromatic rings. The van der Waals surface area contributed by atoms with Crippen LogP contribution in [0, 0.1) is 0 Å². The molecule has 2 atom stereocenters. The molecule has 2 unspecified atom stereocenters. The number of halogens is 1. The zero-order valence-corrected chi connectivity index (χ0v) is 7.98. The first-order chi connectivity index (χ1) is 5.87. The molecule has 12 heavy (non-hydrogen) atoms. The second-order valence-electron chi connectivity index (χ2n) is 3.65. The van der Waals surface area contributed by atoms with Gasteiger partial charge in [0.2, 0.25) is 0 Å². The predicted molar refractivity (Wildman–Crippen MR) is 47.6 cm³/mol. The van der Waals surface area contributed by atoms with Crippen molar-refractivity contribution in [3.05, 3.63) is 0 Å². The van der Waals surface area contributed by atoms with E-state index in [9.17, 15) is 0 Å². The summed E-state index contributed by atoms with van der Waals surface area (Å²) in [6.45, 7) is 1.74. The van der Waals surface area contributed by atoms with E-state index in [4.69, 9.17) is 21.1 Å². The maximum atomic E-state index is 5.94. The van der Waals surface area contributed by atoms with E-state index >= 15 is 0 Å². The zero-order chi connectivity index (χ0) is 8.44. The Morgan fingerprint density at radius 1 is 1.33 bits per heavy atom.